The molecule has 1 aliphatic carbocycles. The molecular formula is C27H30Cl2F4N2O6S. The highest BCUT2D eigenvalue weighted by Crippen LogP contribution is 2.45. The summed E-state index contributed by atoms with van der Waals surface area (Å²) in [6.45, 7) is 4.17. The van der Waals surface area contributed by atoms with E-state index in [9.17, 15) is 30.8 Å². The number of nitrogens with one attached hydrogen (secondary N) is 1. The number of hydrogen-bond donors (Lipinski definition) is 2. The zero-order chi connectivity index (χ0) is 31.4. The Morgan fingerprint density at radius 2 is 1.67 bits per heavy atom. The summed E-state index contributed by atoms with van der Waals surface area (Å²) < 4.78 is 77.2. The number of piperidine rings is 1. The average molecular weight is 658 g/mol. The Balaban J connectivity index is 0.000000616. The number of nitrogens with zero attached hydrogens (tertiary/aromatic N) is 1. The summed E-state index contributed by atoms with van der Waals surface area (Å²) in [5.41, 5.74) is 1.51. The second kappa shape index (κ2) is 13.8. The number of aliphatic carboxylic acids is 1. The number of carbonyl (C=O) groups is 2. The van der Waals surface area contributed by atoms with E-state index in [0.29, 0.717) is 28.4 Å². The fraction of sp³-hybridized carbons (Fsp3) is 0.481. The van der Waals surface area contributed by atoms with Crippen molar-refractivity contribution in [1.29, 1.82) is 0 Å². The summed E-state index contributed by atoms with van der Waals surface area (Å²) in [5.74, 6) is -3.67. The van der Waals surface area contributed by atoms with Crippen LogP contribution in [0.4, 0.5) is 17.6 Å². The average Bonchev–Trinajstić information content (AvgIpc) is 3.68. The number of likely N-dealkylation sites (tertiary alicyclic amines) is 1. The summed E-state index contributed by atoms with van der Waals surface area (Å²) in [6.07, 6.45) is -0.379. The number of carbonyl (C=O) groups excluding carboxylic acids is 1. The first-order chi connectivity index (χ1) is 19.4. The molecule has 2 N–H and O–H groups in total. The van der Waals surface area contributed by atoms with Crippen LogP contribution in [0.3, 0.4) is 0 Å². The van der Waals surface area contributed by atoms with E-state index in [1.807, 2.05) is 16.9 Å². The standard InChI is InChI=1S/C25H29Cl2FN2O4S.C2HF3O2/c1-15-3-4-16(12-30(15)13-17-7-19(26)9-20(27)8-17)14-34-24-11-23(28)22(10-21(24)18-5-6-18)25(31)29-35(2,32)33;3-2(4,5)1(6)7/h7-11,15-16,18H,3-6,12-14H2,1-2H3,(H,29,31);(H,6,7)/t15-,16-;/m1./s1. The lowest BCUT2D eigenvalue weighted by Crippen LogP contribution is -2.42. The van der Waals surface area contributed by atoms with Crippen LogP contribution in [0.1, 0.15) is 60.0 Å². The van der Waals surface area contributed by atoms with Gasteiger partial charge in [-0.15, -0.1) is 0 Å². The molecule has 2 aromatic carbocycles. The van der Waals surface area contributed by atoms with Crippen molar-refractivity contribution in [3.8, 4) is 5.75 Å². The summed E-state index contributed by atoms with van der Waals surface area (Å²) in [5, 5.41) is 8.35. The Morgan fingerprint density at radius 3 is 2.19 bits per heavy atom. The Morgan fingerprint density at radius 1 is 1.07 bits per heavy atom. The van der Waals surface area contributed by atoms with E-state index in [1.54, 1.807) is 6.07 Å². The SMILES string of the molecule is C[C@@H]1CC[C@@H](COc2cc(F)c(C(=O)NS(C)(=O)=O)cc2C2CC2)CN1Cc1cc(Cl)cc(Cl)c1.O=C(O)C(F)(F)F. The van der Waals surface area contributed by atoms with Gasteiger partial charge in [-0.25, -0.2) is 22.3 Å². The van der Waals surface area contributed by atoms with Gasteiger partial charge in [-0.05, 0) is 73.9 Å². The van der Waals surface area contributed by atoms with E-state index in [2.05, 4.69) is 11.8 Å². The maximum atomic E-state index is 14.8. The Labute approximate surface area is 251 Å². The maximum Gasteiger partial charge on any atom is 0.490 e. The molecule has 1 saturated heterocycles. The number of sulfonamides is 1. The third kappa shape index (κ3) is 10.3. The van der Waals surface area contributed by atoms with Gasteiger partial charge in [-0.1, -0.05) is 23.2 Å². The predicted octanol–water partition coefficient (Wildman–Crippen LogP) is 6.01. The molecule has 0 spiro atoms. The first kappa shape index (κ1) is 33.9. The molecule has 15 heteroatoms. The van der Waals surface area contributed by atoms with Crippen LogP contribution in [0.15, 0.2) is 30.3 Å². The van der Waals surface area contributed by atoms with Crippen molar-refractivity contribution in [3.05, 3.63) is 62.9 Å². The number of carboxylic acid groups (broad SMARTS) is 1. The van der Waals surface area contributed by atoms with Gasteiger partial charge in [0.05, 0.1) is 18.4 Å². The van der Waals surface area contributed by atoms with Crippen LogP contribution in [0, 0.1) is 11.7 Å². The van der Waals surface area contributed by atoms with Gasteiger partial charge in [-0.2, -0.15) is 13.2 Å². The number of halogens is 6. The van der Waals surface area contributed by atoms with Crippen molar-refractivity contribution in [2.45, 2.75) is 57.3 Å². The van der Waals surface area contributed by atoms with E-state index in [0.717, 1.165) is 56.2 Å². The minimum Gasteiger partial charge on any atom is -0.493 e. The minimum atomic E-state index is -5.08. The Bertz CT molecular complexity index is 1400. The number of ether oxygens (including phenoxy) is 1. The van der Waals surface area contributed by atoms with E-state index in [4.69, 9.17) is 37.8 Å². The minimum absolute atomic E-state index is 0.186. The third-order valence-corrected chi connectivity index (χ3v) is 7.77. The van der Waals surface area contributed by atoms with Crippen molar-refractivity contribution in [2.24, 2.45) is 5.92 Å². The number of hydrogen-bond acceptors (Lipinski definition) is 6. The molecule has 0 aromatic heterocycles. The molecule has 0 bridgehead atoms. The lowest BCUT2D eigenvalue weighted by Gasteiger charge is -2.38. The van der Waals surface area contributed by atoms with E-state index in [-0.39, 0.29) is 17.4 Å². The van der Waals surface area contributed by atoms with Crippen LogP contribution in [-0.4, -0.2) is 61.9 Å². The number of amides is 1. The van der Waals surface area contributed by atoms with Gasteiger partial charge in [-0.3, -0.25) is 9.69 Å². The number of rotatable bonds is 8. The molecule has 2 aromatic rings. The molecule has 42 heavy (non-hydrogen) atoms. The van der Waals surface area contributed by atoms with Gasteiger partial charge in [0, 0.05) is 41.2 Å². The highest BCUT2D eigenvalue weighted by atomic mass is 35.5. The lowest BCUT2D eigenvalue weighted by atomic mass is 9.93. The molecule has 8 nitrogen and oxygen atoms in total. The zero-order valence-corrected chi connectivity index (χ0v) is 25.0. The van der Waals surface area contributed by atoms with Gasteiger partial charge >= 0.3 is 12.1 Å². The molecule has 1 aliphatic heterocycles. The van der Waals surface area contributed by atoms with Crippen molar-refractivity contribution in [1.82, 2.24) is 9.62 Å². The van der Waals surface area contributed by atoms with Gasteiger partial charge in [0.15, 0.2) is 0 Å². The fourth-order valence-electron chi connectivity index (χ4n) is 4.57. The summed E-state index contributed by atoms with van der Waals surface area (Å²) in [4.78, 5) is 23.5. The highest BCUT2D eigenvalue weighted by molar-refractivity contribution is 7.89. The molecule has 1 heterocycles. The van der Waals surface area contributed by atoms with E-state index < -0.39 is 33.9 Å². The smallest absolute Gasteiger partial charge is 0.490 e. The van der Waals surface area contributed by atoms with Crippen molar-refractivity contribution in [3.63, 3.8) is 0 Å². The van der Waals surface area contributed by atoms with Crippen LogP contribution in [0.5, 0.6) is 5.75 Å². The molecule has 0 unspecified atom stereocenters. The molecule has 0 radical (unpaired) electrons. The first-order valence-electron chi connectivity index (χ1n) is 12.9. The topological polar surface area (TPSA) is 113 Å². The van der Waals surface area contributed by atoms with Crippen LogP contribution in [0.2, 0.25) is 10.0 Å². The second-order valence-electron chi connectivity index (χ2n) is 10.5. The predicted molar refractivity (Wildman–Crippen MR) is 149 cm³/mol. The molecule has 4 rings (SSSR count). The Kier molecular flexibility index (Phi) is 11.1. The Hall–Kier alpha value is -2.61. The lowest BCUT2D eigenvalue weighted by molar-refractivity contribution is -0.192. The largest absolute Gasteiger partial charge is 0.493 e. The van der Waals surface area contributed by atoms with Crippen LogP contribution < -0.4 is 9.46 Å². The number of alkyl halides is 3. The zero-order valence-electron chi connectivity index (χ0n) is 22.7. The molecule has 2 fully saturated rings. The molecule has 2 atom stereocenters. The van der Waals surface area contributed by atoms with Crippen molar-refractivity contribution >= 4 is 45.1 Å². The van der Waals surface area contributed by atoms with Gasteiger partial charge in [0.2, 0.25) is 10.0 Å². The number of carboxylic acids is 1. The monoisotopic (exact) mass is 656 g/mol. The molecule has 1 saturated carbocycles. The molecule has 232 valence electrons. The number of benzene rings is 2. The van der Waals surface area contributed by atoms with Gasteiger partial charge in [0.25, 0.3) is 5.91 Å². The third-order valence-electron chi connectivity index (χ3n) is 6.77. The fourth-order valence-corrected chi connectivity index (χ4v) is 5.59. The van der Waals surface area contributed by atoms with Gasteiger partial charge < -0.3 is 9.84 Å². The first-order valence-corrected chi connectivity index (χ1v) is 15.5. The van der Waals surface area contributed by atoms with Gasteiger partial charge in [0.1, 0.15) is 11.6 Å². The highest BCUT2D eigenvalue weighted by Gasteiger charge is 2.38. The van der Waals surface area contributed by atoms with Crippen LogP contribution in [0.25, 0.3) is 0 Å². The van der Waals surface area contributed by atoms with Crippen LogP contribution >= 0.6 is 23.2 Å². The maximum absolute atomic E-state index is 14.8. The molecule has 1 amide bonds. The summed E-state index contributed by atoms with van der Waals surface area (Å²) in [6, 6.07) is 8.60. The second-order valence-corrected chi connectivity index (χ2v) is 13.1. The van der Waals surface area contributed by atoms with Crippen molar-refractivity contribution < 1.29 is 45.4 Å². The van der Waals surface area contributed by atoms with Crippen LogP contribution in [-0.2, 0) is 21.4 Å². The normalized spacial score (nSPS) is 19.4. The summed E-state index contributed by atoms with van der Waals surface area (Å²) in [7, 11) is -3.79. The molecule has 2 aliphatic rings. The quantitative estimate of drug-likeness (QED) is 0.335. The summed E-state index contributed by atoms with van der Waals surface area (Å²) >= 11 is 12.3. The molecular weight excluding hydrogens is 627 g/mol. The van der Waals surface area contributed by atoms with E-state index >= 15 is 0 Å². The van der Waals surface area contributed by atoms with Crippen molar-refractivity contribution in [2.75, 3.05) is 19.4 Å². The van der Waals surface area contributed by atoms with E-state index in [1.165, 1.54) is 12.1 Å².